The minimum absolute atomic E-state index is 0.170. The molecule has 0 heterocycles. The van der Waals surface area contributed by atoms with Crippen molar-refractivity contribution < 1.29 is 14.3 Å². The summed E-state index contributed by atoms with van der Waals surface area (Å²) in [5.41, 5.74) is 9.23. The summed E-state index contributed by atoms with van der Waals surface area (Å²) in [5, 5.41) is 5.57. The lowest BCUT2D eigenvalue weighted by molar-refractivity contribution is -0.116. The van der Waals surface area contributed by atoms with E-state index in [1.165, 1.54) is 7.11 Å². The first-order chi connectivity index (χ1) is 11.9. The first-order valence-electron chi connectivity index (χ1n) is 8.01. The minimum atomic E-state index is -0.221. The fourth-order valence-corrected chi connectivity index (χ4v) is 2.30. The zero-order valence-electron chi connectivity index (χ0n) is 14.7. The predicted molar refractivity (Wildman–Crippen MR) is 99.2 cm³/mol. The van der Waals surface area contributed by atoms with Gasteiger partial charge in [-0.1, -0.05) is 6.07 Å². The van der Waals surface area contributed by atoms with E-state index in [1.807, 2.05) is 26.0 Å². The van der Waals surface area contributed by atoms with Crippen molar-refractivity contribution in [1.29, 1.82) is 0 Å². The van der Waals surface area contributed by atoms with Crippen LogP contribution in [0, 0.1) is 13.8 Å². The average molecular weight is 341 g/mol. The van der Waals surface area contributed by atoms with Gasteiger partial charge >= 0.3 is 0 Å². The molecular weight excluding hydrogens is 318 g/mol. The van der Waals surface area contributed by atoms with E-state index < -0.39 is 0 Å². The number of ether oxygens (including phenoxy) is 1. The molecule has 2 rings (SSSR count). The summed E-state index contributed by atoms with van der Waals surface area (Å²) in [6, 6.07) is 10.6. The summed E-state index contributed by atoms with van der Waals surface area (Å²) in [5.74, 6) is 0.0699. The standard InChI is InChI=1S/C19H23N3O3/c1-12-4-5-14(10-13(12)2)19(24)22-16-7-6-15(11-17(16)25-3)21-18(23)8-9-20/h4-7,10-11H,8-9,20H2,1-3H3,(H,21,23)(H,22,24). The fourth-order valence-electron chi connectivity index (χ4n) is 2.30. The Morgan fingerprint density at radius 2 is 1.80 bits per heavy atom. The third kappa shape index (κ3) is 4.81. The van der Waals surface area contributed by atoms with Gasteiger partial charge < -0.3 is 21.1 Å². The molecule has 132 valence electrons. The van der Waals surface area contributed by atoms with Gasteiger partial charge in [0.15, 0.2) is 0 Å². The molecular formula is C19H23N3O3. The van der Waals surface area contributed by atoms with Gasteiger partial charge in [0.1, 0.15) is 5.75 Å². The Balaban J connectivity index is 2.17. The van der Waals surface area contributed by atoms with Crippen LogP contribution in [0.1, 0.15) is 27.9 Å². The van der Waals surface area contributed by atoms with E-state index in [0.717, 1.165) is 11.1 Å². The Hall–Kier alpha value is -2.86. The largest absolute Gasteiger partial charge is 0.494 e. The van der Waals surface area contributed by atoms with Crippen LogP contribution in [-0.2, 0) is 4.79 Å². The van der Waals surface area contributed by atoms with Gasteiger partial charge in [0.2, 0.25) is 5.91 Å². The Morgan fingerprint density at radius 3 is 2.44 bits per heavy atom. The van der Waals surface area contributed by atoms with Crippen LogP contribution in [-0.4, -0.2) is 25.5 Å². The number of anilines is 2. The number of rotatable bonds is 6. The van der Waals surface area contributed by atoms with E-state index in [1.54, 1.807) is 24.3 Å². The van der Waals surface area contributed by atoms with E-state index in [-0.39, 0.29) is 24.8 Å². The van der Waals surface area contributed by atoms with Gasteiger partial charge in [0, 0.05) is 30.3 Å². The fraction of sp³-hybridized carbons (Fsp3) is 0.263. The lowest BCUT2D eigenvalue weighted by Crippen LogP contribution is -2.16. The van der Waals surface area contributed by atoms with Crippen molar-refractivity contribution in [2.45, 2.75) is 20.3 Å². The van der Waals surface area contributed by atoms with E-state index in [0.29, 0.717) is 22.7 Å². The molecule has 6 heteroatoms. The van der Waals surface area contributed by atoms with E-state index in [4.69, 9.17) is 10.5 Å². The topological polar surface area (TPSA) is 93.4 Å². The Kier molecular flexibility index (Phi) is 6.14. The molecule has 6 nitrogen and oxygen atoms in total. The van der Waals surface area contributed by atoms with Crippen LogP contribution in [0.2, 0.25) is 0 Å². The molecule has 0 unspecified atom stereocenters. The third-order valence-corrected chi connectivity index (χ3v) is 3.87. The third-order valence-electron chi connectivity index (χ3n) is 3.87. The highest BCUT2D eigenvalue weighted by Gasteiger charge is 2.12. The second-order valence-corrected chi connectivity index (χ2v) is 5.76. The number of nitrogens with two attached hydrogens (primary N) is 1. The number of carbonyl (C=O) groups excluding carboxylic acids is 2. The predicted octanol–water partition coefficient (Wildman–Crippen LogP) is 2.85. The Morgan fingerprint density at radius 1 is 1.04 bits per heavy atom. The summed E-state index contributed by atoms with van der Waals surface area (Å²) in [4.78, 5) is 24.1. The van der Waals surface area contributed by atoms with E-state index in [2.05, 4.69) is 10.6 Å². The number of nitrogens with one attached hydrogen (secondary N) is 2. The van der Waals surface area contributed by atoms with Crippen LogP contribution in [0.25, 0.3) is 0 Å². The van der Waals surface area contributed by atoms with Crippen molar-refractivity contribution in [3.63, 3.8) is 0 Å². The van der Waals surface area contributed by atoms with Gasteiger partial charge in [-0.05, 0) is 49.2 Å². The van der Waals surface area contributed by atoms with Crippen LogP contribution in [0.4, 0.5) is 11.4 Å². The zero-order chi connectivity index (χ0) is 18.4. The Labute approximate surface area is 147 Å². The molecule has 4 N–H and O–H groups in total. The van der Waals surface area contributed by atoms with Crippen molar-refractivity contribution >= 4 is 23.2 Å². The van der Waals surface area contributed by atoms with Gasteiger partial charge in [-0.25, -0.2) is 0 Å². The van der Waals surface area contributed by atoms with Crippen molar-refractivity contribution in [1.82, 2.24) is 0 Å². The van der Waals surface area contributed by atoms with Gasteiger partial charge in [0.25, 0.3) is 5.91 Å². The molecule has 0 radical (unpaired) electrons. The second kappa shape index (κ2) is 8.30. The summed E-state index contributed by atoms with van der Waals surface area (Å²) >= 11 is 0. The summed E-state index contributed by atoms with van der Waals surface area (Å²) in [7, 11) is 1.51. The first-order valence-corrected chi connectivity index (χ1v) is 8.01. The summed E-state index contributed by atoms with van der Waals surface area (Å²) in [6.07, 6.45) is 0.244. The molecule has 25 heavy (non-hydrogen) atoms. The molecule has 0 aliphatic carbocycles. The Bertz CT molecular complexity index is 787. The molecule has 0 atom stereocenters. The number of methoxy groups -OCH3 is 1. The van der Waals surface area contributed by atoms with Crippen molar-refractivity contribution in [3.8, 4) is 5.75 Å². The van der Waals surface area contributed by atoms with E-state index >= 15 is 0 Å². The van der Waals surface area contributed by atoms with Gasteiger partial charge in [-0.3, -0.25) is 9.59 Å². The molecule has 2 amide bonds. The molecule has 0 saturated carbocycles. The van der Waals surface area contributed by atoms with Crippen LogP contribution in [0.15, 0.2) is 36.4 Å². The number of hydrogen-bond donors (Lipinski definition) is 3. The minimum Gasteiger partial charge on any atom is -0.494 e. The van der Waals surface area contributed by atoms with Crippen molar-refractivity contribution in [2.75, 3.05) is 24.3 Å². The highest BCUT2D eigenvalue weighted by molar-refractivity contribution is 6.05. The number of amides is 2. The molecule has 2 aromatic rings. The van der Waals surface area contributed by atoms with Crippen LogP contribution in [0.5, 0.6) is 5.75 Å². The highest BCUT2D eigenvalue weighted by Crippen LogP contribution is 2.28. The molecule has 0 saturated heterocycles. The number of hydrogen-bond acceptors (Lipinski definition) is 4. The second-order valence-electron chi connectivity index (χ2n) is 5.76. The van der Waals surface area contributed by atoms with Crippen LogP contribution >= 0.6 is 0 Å². The van der Waals surface area contributed by atoms with Gasteiger partial charge in [-0.2, -0.15) is 0 Å². The number of benzene rings is 2. The van der Waals surface area contributed by atoms with Gasteiger partial charge in [-0.15, -0.1) is 0 Å². The maximum Gasteiger partial charge on any atom is 0.255 e. The van der Waals surface area contributed by atoms with Crippen molar-refractivity contribution in [3.05, 3.63) is 53.1 Å². The normalized spacial score (nSPS) is 10.2. The average Bonchev–Trinajstić information content (AvgIpc) is 2.58. The van der Waals surface area contributed by atoms with Crippen LogP contribution in [0.3, 0.4) is 0 Å². The molecule has 0 aliphatic rings. The molecule has 0 spiro atoms. The first kappa shape index (κ1) is 18.5. The zero-order valence-corrected chi connectivity index (χ0v) is 14.7. The quantitative estimate of drug-likeness (QED) is 0.753. The monoisotopic (exact) mass is 341 g/mol. The molecule has 2 aromatic carbocycles. The lowest BCUT2D eigenvalue weighted by atomic mass is 10.1. The maximum absolute atomic E-state index is 12.4. The van der Waals surface area contributed by atoms with Gasteiger partial charge in [0.05, 0.1) is 12.8 Å². The molecule has 0 fully saturated rings. The molecule has 0 aliphatic heterocycles. The molecule has 0 aromatic heterocycles. The lowest BCUT2D eigenvalue weighted by Gasteiger charge is -2.13. The number of carbonyl (C=O) groups is 2. The number of aryl methyl sites for hydroxylation is 2. The van der Waals surface area contributed by atoms with E-state index in [9.17, 15) is 9.59 Å². The SMILES string of the molecule is COc1cc(NC(=O)CCN)ccc1NC(=O)c1ccc(C)c(C)c1. The summed E-state index contributed by atoms with van der Waals surface area (Å²) in [6.45, 7) is 4.25. The smallest absolute Gasteiger partial charge is 0.255 e. The van der Waals surface area contributed by atoms with Crippen molar-refractivity contribution in [2.24, 2.45) is 5.73 Å². The maximum atomic E-state index is 12.4. The summed E-state index contributed by atoms with van der Waals surface area (Å²) < 4.78 is 5.32. The highest BCUT2D eigenvalue weighted by atomic mass is 16.5. The molecule has 0 bridgehead atoms. The van der Waals surface area contributed by atoms with Crippen LogP contribution < -0.4 is 21.1 Å².